The Balaban J connectivity index is 1.75. The SMILES string of the molecule is Cc1ccc([S@@](=O)/N=C/c2cc(-c3ccccc3)cs2)cc1. The molecule has 3 rings (SSSR count). The summed E-state index contributed by atoms with van der Waals surface area (Å²) in [6, 6.07) is 19.9. The van der Waals surface area contributed by atoms with Crippen molar-refractivity contribution in [2.45, 2.75) is 11.8 Å². The van der Waals surface area contributed by atoms with Gasteiger partial charge in [-0.2, -0.15) is 4.40 Å². The van der Waals surface area contributed by atoms with Crippen LogP contribution >= 0.6 is 11.3 Å². The fourth-order valence-corrected chi connectivity index (χ4v) is 3.56. The number of thiophene rings is 1. The van der Waals surface area contributed by atoms with E-state index in [9.17, 15) is 4.21 Å². The maximum Gasteiger partial charge on any atom is 0.172 e. The lowest BCUT2D eigenvalue weighted by Crippen LogP contribution is -1.88. The highest BCUT2D eigenvalue weighted by Gasteiger charge is 2.03. The van der Waals surface area contributed by atoms with Gasteiger partial charge in [-0.15, -0.1) is 11.3 Å². The molecule has 2 nitrogen and oxygen atoms in total. The lowest BCUT2D eigenvalue weighted by molar-refractivity contribution is 0.684. The lowest BCUT2D eigenvalue weighted by atomic mass is 10.1. The maximum absolute atomic E-state index is 12.1. The number of rotatable bonds is 4. The molecule has 0 unspecified atom stereocenters. The van der Waals surface area contributed by atoms with Crippen LogP contribution in [0.1, 0.15) is 10.4 Å². The van der Waals surface area contributed by atoms with Gasteiger partial charge in [-0.25, -0.2) is 4.21 Å². The summed E-state index contributed by atoms with van der Waals surface area (Å²) in [4.78, 5) is 1.72. The number of nitrogens with zero attached hydrogens (tertiary/aromatic N) is 1. The predicted molar refractivity (Wildman–Crippen MR) is 94.9 cm³/mol. The average molecular weight is 325 g/mol. The van der Waals surface area contributed by atoms with Crippen LogP contribution in [0.5, 0.6) is 0 Å². The van der Waals surface area contributed by atoms with E-state index >= 15 is 0 Å². The first-order valence-electron chi connectivity index (χ1n) is 6.89. The molecule has 0 aliphatic carbocycles. The van der Waals surface area contributed by atoms with E-state index in [-0.39, 0.29) is 0 Å². The van der Waals surface area contributed by atoms with E-state index in [2.05, 4.69) is 28.0 Å². The Labute approximate surface area is 136 Å². The third kappa shape index (κ3) is 3.59. The second-order valence-corrected chi connectivity index (χ2v) is 7.02. The van der Waals surface area contributed by atoms with Gasteiger partial charge in [0.2, 0.25) is 0 Å². The first-order chi connectivity index (χ1) is 10.7. The van der Waals surface area contributed by atoms with E-state index < -0.39 is 11.0 Å². The molecular formula is C18H15NOS2. The molecule has 0 bridgehead atoms. The molecule has 0 amide bonds. The van der Waals surface area contributed by atoms with Crippen molar-refractivity contribution >= 4 is 28.5 Å². The summed E-state index contributed by atoms with van der Waals surface area (Å²) in [5.41, 5.74) is 3.49. The van der Waals surface area contributed by atoms with E-state index in [1.165, 1.54) is 5.56 Å². The quantitative estimate of drug-likeness (QED) is 0.630. The van der Waals surface area contributed by atoms with Crippen molar-refractivity contribution in [1.82, 2.24) is 0 Å². The first-order valence-corrected chi connectivity index (χ1v) is 8.87. The maximum atomic E-state index is 12.1. The highest BCUT2D eigenvalue weighted by Crippen LogP contribution is 2.24. The van der Waals surface area contributed by atoms with E-state index in [1.54, 1.807) is 17.6 Å². The van der Waals surface area contributed by atoms with Gasteiger partial charge >= 0.3 is 0 Å². The van der Waals surface area contributed by atoms with Crippen molar-refractivity contribution in [3.63, 3.8) is 0 Å². The van der Waals surface area contributed by atoms with Crippen LogP contribution in [0.25, 0.3) is 11.1 Å². The molecule has 0 saturated carbocycles. The Morgan fingerprint density at radius 2 is 1.73 bits per heavy atom. The highest BCUT2D eigenvalue weighted by molar-refractivity contribution is 7.83. The van der Waals surface area contributed by atoms with Crippen LogP contribution < -0.4 is 0 Å². The van der Waals surface area contributed by atoms with Crippen molar-refractivity contribution in [3.05, 3.63) is 76.5 Å². The standard InChI is InChI=1S/C18H15NOS2/c1-14-7-9-18(10-8-14)22(20)19-12-17-11-16(13-21-17)15-5-3-2-4-6-15/h2-13H,1H3/b19-12+/t22-/m1/s1. The van der Waals surface area contributed by atoms with Crippen molar-refractivity contribution in [3.8, 4) is 11.1 Å². The molecule has 0 saturated heterocycles. The molecule has 1 aromatic heterocycles. The molecule has 1 atom stereocenters. The lowest BCUT2D eigenvalue weighted by Gasteiger charge is -1.96. The number of hydrogen-bond donors (Lipinski definition) is 0. The van der Waals surface area contributed by atoms with Crippen LogP contribution in [0.2, 0.25) is 0 Å². The van der Waals surface area contributed by atoms with Crippen molar-refractivity contribution < 1.29 is 4.21 Å². The van der Waals surface area contributed by atoms with Crippen molar-refractivity contribution in [2.75, 3.05) is 0 Å². The summed E-state index contributed by atoms with van der Waals surface area (Å²) >= 11 is 1.60. The molecule has 2 aromatic carbocycles. The first kappa shape index (κ1) is 14.9. The molecule has 0 spiro atoms. The summed E-state index contributed by atoms with van der Waals surface area (Å²) in [6.45, 7) is 2.01. The van der Waals surface area contributed by atoms with Gasteiger partial charge in [0.05, 0.1) is 11.1 Å². The third-order valence-corrected chi connectivity index (χ3v) is 5.06. The van der Waals surface area contributed by atoms with Gasteiger partial charge in [0.25, 0.3) is 0 Å². The van der Waals surface area contributed by atoms with Crippen LogP contribution in [0.3, 0.4) is 0 Å². The minimum absolute atomic E-state index is 0.724. The van der Waals surface area contributed by atoms with Crippen molar-refractivity contribution in [2.24, 2.45) is 4.40 Å². The van der Waals surface area contributed by atoms with Gasteiger partial charge < -0.3 is 0 Å². The zero-order valence-electron chi connectivity index (χ0n) is 12.1. The molecule has 0 aliphatic rings. The zero-order valence-corrected chi connectivity index (χ0v) is 13.7. The van der Waals surface area contributed by atoms with Crippen LogP contribution in [0.15, 0.2) is 75.3 Å². The molecule has 0 aliphatic heterocycles. The Kier molecular flexibility index (Phi) is 4.61. The van der Waals surface area contributed by atoms with Crippen LogP contribution in [0.4, 0.5) is 0 Å². The van der Waals surface area contributed by atoms with E-state index in [1.807, 2.05) is 49.4 Å². The van der Waals surface area contributed by atoms with E-state index in [4.69, 9.17) is 0 Å². The molecule has 0 N–H and O–H groups in total. The Hall–Kier alpha value is -2.04. The predicted octanol–water partition coefficient (Wildman–Crippen LogP) is 4.87. The van der Waals surface area contributed by atoms with Gasteiger partial charge in [-0.3, -0.25) is 0 Å². The summed E-state index contributed by atoms with van der Waals surface area (Å²) in [5, 5.41) is 2.09. The minimum atomic E-state index is -1.35. The third-order valence-electron chi connectivity index (χ3n) is 3.23. The van der Waals surface area contributed by atoms with Gasteiger partial charge in [0.15, 0.2) is 11.0 Å². The second kappa shape index (κ2) is 6.81. The number of aryl methyl sites for hydroxylation is 1. The molecule has 0 fully saturated rings. The summed E-state index contributed by atoms with van der Waals surface area (Å²) in [7, 11) is -1.35. The van der Waals surface area contributed by atoms with E-state index in [0.717, 1.165) is 20.9 Å². The Morgan fingerprint density at radius 1 is 1.00 bits per heavy atom. The van der Waals surface area contributed by atoms with Crippen molar-refractivity contribution in [1.29, 1.82) is 0 Å². The Bertz CT molecular complexity index is 805. The summed E-state index contributed by atoms with van der Waals surface area (Å²) < 4.78 is 16.3. The molecule has 4 heteroatoms. The summed E-state index contributed by atoms with van der Waals surface area (Å²) in [5.74, 6) is 0. The van der Waals surface area contributed by atoms with Crippen LogP contribution in [-0.4, -0.2) is 10.4 Å². The number of benzene rings is 2. The van der Waals surface area contributed by atoms with Gasteiger partial charge in [-0.05, 0) is 41.6 Å². The van der Waals surface area contributed by atoms with E-state index in [0.29, 0.717) is 0 Å². The normalized spacial score (nSPS) is 12.6. The van der Waals surface area contributed by atoms with Gasteiger partial charge in [-0.1, -0.05) is 48.0 Å². The largest absolute Gasteiger partial charge is 0.229 e. The number of hydrogen-bond acceptors (Lipinski definition) is 2. The molecule has 3 aromatic rings. The molecule has 0 radical (unpaired) electrons. The minimum Gasteiger partial charge on any atom is -0.229 e. The van der Waals surface area contributed by atoms with Gasteiger partial charge in [0.1, 0.15) is 0 Å². The molecule has 1 heterocycles. The molecule has 110 valence electrons. The fourth-order valence-electron chi connectivity index (χ4n) is 2.02. The smallest absolute Gasteiger partial charge is 0.172 e. The average Bonchev–Trinajstić information content (AvgIpc) is 3.03. The van der Waals surface area contributed by atoms with Gasteiger partial charge in [0, 0.05) is 4.88 Å². The second-order valence-electron chi connectivity index (χ2n) is 4.90. The van der Waals surface area contributed by atoms with Crippen LogP contribution in [0, 0.1) is 6.92 Å². The molecular weight excluding hydrogens is 310 g/mol. The summed E-state index contributed by atoms with van der Waals surface area (Å²) in [6.07, 6.45) is 1.69. The monoisotopic (exact) mass is 325 g/mol. The molecule has 22 heavy (non-hydrogen) atoms. The Morgan fingerprint density at radius 3 is 2.45 bits per heavy atom. The zero-order chi connectivity index (χ0) is 15.4. The fraction of sp³-hybridized carbons (Fsp3) is 0.0556. The van der Waals surface area contributed by atoms with Crippen LogP contribution in [-0.2, 0) is 11.0 Å². The topological polar surface area (TPSA) is 29.4 Å². The highest BCUT2D eigenvalue weighted by atomic mass is 32.2.